The molecule has 0 fully saturated rings. The van der Waals surface area contributed by atoms with E-state index in [1.807, 2.05) is 54.6 Å². The van der Waals surface area contributed by atoms with Gasteiger partial charge in [-0.2, -0.15) is 0 Å². The van der Waals surface area contributed by atoms with Crippen molar-refractivity contribution in [2.75, 3.05) is 0 Å². The minimum absolute atomic E-state index is 0.00565. The molecule has 2 aliphatic heterocycles. The lowest BCUT2D eigenvalue weighted by Crippen LogP contribution is -2.57. The Morgan fingerprint density at radius 2 is 1.17 bits per heavy atom. The van der Waals surface area contributed by atoms with Crippen molar-refractivity contribution in [3.8, 4) is 23.0 Å². The summed E-state index contributed by atoms with van der Waals surface area (Å²) in [5.41, 5.74) is 3.09. The summed E-state index contributed by atoms with van der Waals surface area (Å²) in [6, 6.07) is 17.3. The van der Waals surface area contributed by atoms with Gasteiger partial charge in [0, 0.05) is 15.5 Å². The van der Waals surface area contributed by atoms with E-state index in [1.54, 1.807) is 0 Å². The molecule has 0 saturated heterocycles. The third kappa shape index (κ3) is 1.90. The molecule has 0 radical (unpaired) electrons. The monoisotopic (exact) mass is 338 g/mol. The standard InChI is InChI=1S/C18H9BCl2O2/c20-10-4-6-14-12(8-10)19-13-9-11(21)5-7-15(13)23-17-3-1-2-16(22-14)18(17)19/h1-9H. The van der Waals surface area contributed by atoms with Crippen molar-refractivity contribution in [2.24, 2.45) is 0 Å². The van der Waals surface area contributed by atoms with E-state index < -0.39 is 0 Å². The Labute approximate surface area is 143 Å². The Morgan fingerprint density at radius 1 is 0.652 bits per heavy atom. The van der Waals surface area contributed by atoms with Crippen LogP contribution in [-0.2, 0) is 0 Å². The second-order valence-corrected chi connectivity index (χ2v) is 6.54. The molecule has 0 bridgehead atoms. The molecule has 2 aliphatic rings. The molecule has 0 unspecified atom stereocenters. The first-order valence-corrected chi connectivity index (χ1v) is 8.04. The van der Waals surface area contributed by atoms with Crippen molar-refractivity contribution in [2.45, 2.75) is 0 Å². The average molecular weight is 339 g/mol. The summed E-state index contributed by atoms with van der Waals surface area (Å²) in [6.07, 6.45) is 0. The molecule has 0 aliphatic carbocycles. The van der Waals surface area contributed by atoms with Gasteiger partial charge in [-0.1, -0.05) is 29.3 Å². The minimum atomic E-state index is 0.00565. The van der Waals surface area contributed by atoms with Crippen molar-refractivity contribution in [1.82, 2.24) is 0 Å². The van der Waals surface area contributed by atoms with Crippen LogP contribution in [0, 0.1) is 0 Å². The summed E-state index contributed by atoms with van der Waals surface area (Å²) >= 11 is 12.5. The van der Waals surface area contributed by atoms with E-state index in [9.17, 15) is 0 Å². The van der Waals surface area contributed by atoms with Crippen LogP contribution in [0.3, 0.4) is 0 Å². The molecule has 110 valence electrons. The number of ether oxygens (including phenoxy) is 2. The third-order valence-electron chi connectivity index (χ3n) is 4.32. The van der Waals surface area contributed by atoms with E-state index >= 15 is 0 Å². The molecule has 3 aromatic rings. The van der Waals surface area contributed by atoms with Crippen molar-refractivity contribution >= 4 is 46.3 Å². The zero-order valence-electron chi connectivity index (χ0n) is 11.8. The van der Waals surface area contributed by atoms with E-state index in [2.05, 4.69) is 0 Å². The maximum absolute atomic E-state index is 6.23. The van der Waals surface area contributed by atoms with Gasteiger partial charge in [0.25, 0.3) is 6.71 Å². The Balaban J connectivity index is 1.86. The summed E-state index contributed by atoms with van der Waals surface area (Å²) in [7, 11) is 0. The van der Waals surface area contributed by atoms with Gasteiger partial charge < -0.3 is 9.47 Å². The number of rotatable bonds is 0. The van der Waals surface area contributed by atoms with Gasteiger partial charge in [0.1, 0.15) is 23.0 Å². The normalized spacial score (nSPS) is 13.4. The third-order valence-corrected chi connectivity index (χ3v) is 4.79. The van der Waals surface area contributed by atoms with Gasteiger partial charge in [-0.25, -0.2) is 0 Å². The maximum Gasteiger partial charge on any atom is 0.260 e. The molecule has 0 amide bonds. The van der Waals surface area contributed by atoms with Crippen LogP contribution in [-0.4, -0.2) is 6.71 Å². The first-order chi connectivity index (χ1) is 11.2. The van der Waals surface area contributed by atoms with E-state index in [0.29, 0.717) is 10.0 Å². The van der Waals surface area contributed by atoms with Gasteiger partial charge in [0.05, 0.1) is 0 Å². The Kier molecular flexibility index (Phi) is 2.73. The molecule has 0 aromatic heterocycles. The number of hydrogen-bond donors (Lipinski definition) is 0. The smallest absolute Gasteiger partial charge is 0.260 e. The van der Waals surface area contributed by atoms with Crippen LogP contribution in [0.5, 0.6) is 23.0 Å². The molecule has 0 spiro atoms. The lowest BCUT2D eigenvalue weighted by molar-refractivity contribution is 0.464. The summed E-state index contributed by atoms with van der Waals surface area (Å²) in [6.45, 7) is 0.00565. The van der Waals surface area contributed by atoms with Crippen LogP contribution in [0.2, 0.25) is 10.0 Å². The molecule has 5 rings (SSSR count). The molecule has 0 atom stereocenters. The van der Waals surface area contributed by atoms with Crippen molar-refractivity contribution in [1.29, 1.82) is 0 Å². The fraction of sp³-hybridized carbons (Fsp3) is 0. The zero-order valence-corrected chi connectivity index (χ0v) is 13.4. The second-order valence-electron chi connectivity index (χ2n) is 5.67. The van der Waals surface area contributed by atoms with E-state index in [4.69, 9.17) is 32.7 Å². The Morgan fingerprint density at radius 3 is 1.70 bits per heavy atom. The molecule has 2 heterocycles. The van der Waals surface area contributed by atoms with E-state index in [1.165, 1.54) is 0 Å². The number of benzene rings is 3. The van der Waals surface area contributed by atoms with Crippen LogP contribution in [0.25, 0.3) is 0 Å². The minimum Gasteiger partial charge on any atom is -0.458 e. The number of halogens is 2. The van der Waals surface area contributed by atoms with Gasteiger partial charge in [-0.3, -0.25) is 0 Å². The summed E-state index contributed by atoms with van der Waals surface area (Å²) in [5, 5.41) is 1.37. The summed E-state index contributed by atoms with van der Waals surface area (Å²) in [5.74, 6) is 3.26. The van der Waals surface area contributed by atoms with Gasteiger partial charge in [-0.05, 0) is 59.5 Å². The lowest BCUT2D eigenvalue weighted by Gasteiger charge is -2.32. The van der Waals surface area contributed by atoms with Crippen LogP contribution in [0.4, 0.5) is 0 Å². The maximum atomic E-state index is 6.23. The Bertz CT molecular complexity index is 897. The predicted octanol–water partition coefficient (Wildman–Crippen LogP) is 3.72. The molecule has 2 nitrogen and oxygen atoms in total. The van der Waals surface area contributed by atoms with Crippen LogP contribution >= 0.6 is 23.2 Å². The summed E-state index contributed by atoms with van der Waals surface area (Å²) in [4.78, 5) is 0. The molecule has 23 heavy (non-hydrogen) atoms. The molecule has 3 aromatic carbocycles. The fourth-order valence-corrected chi connectivity index (χ4v) is 3.74. The van der Waals surface area contributed by atoms with E-state index in [0.717, 1.165) is 39.4 Å². The quantitative estimate of drug-likeness (QED) is 0.401. The predicted molar refractivity (Wildman–Crippen MR) is 94.2 cm³/mol. The van der Waals surface area contributed by atoms with Crippen molar-refractivity contribution in [3.05, 3.63) is 64.6 Å². The molecular formula is C18H9BCl2O2. The van der Waals surface area contributed by atoms with Crippen molar-refractivity contribution in [3.63, 3.8) is 0 Å². The highest BCUT2D eigenvalue weighted by molar-refractivity contribution is 6.98. The highest BCUT2D eigenvalue weighted by Gasteiger charge is 2.39. The van der Waals surface area contributed by atoms with Gasteiger partial charge in [-0.15, -0.1) is 0 Å². The Hall–Kier alpha value is -2.10. The van der Waals surface area contributed by atoms with Crippen LogP contribution in [0.15, 0.2) is 54.6 Å². The summed E-state index contributed by atoms with van der Waals surface area (Å²) < 4.78 is 12.1. The lowest BCUT2D eigenvalue weighted by atomic mass is 9.35. The topological polar surface area (TPSA) is 18.5 Å². The molecule has 0 N–H and O–H groups in total. The SMILES string of the molecule is Clc1ccc2c(c1)B1c3cc(Cl)ccc3Oc3cccc(c31)O2. The van der Waals surface area contributed by atoms with Gasteiger partial charge in [0.15, 0.2) is 0 Å². The van der Waals surface area contributed by atoms with Crippen LogP contribution in [0.1, 0.15) is 0 Å². The van der Waals surface area contributed by atoms with Crippen molar-refractivity contribution < 1.29 is 9.47 Å². The average Bonchev–Trinajstić information content (AvgIpc) is 2.55. The van der Waals surface area contributed by atoms with Gasteiger partial charge in [0.2, 0.25) is 0 Å². The number of hydrogen-bond acceptors (Lipinski definition) is 2. The largest absolute Gasteiger partial charge is 0.458 e. The molecule has 0 saturated carbocycles. The van der Waals surface area contributed by atoms with Gasteiger partial charge >= 0.3 is 0 Å². The number of fused-ring (bicyclic) bond motifs is 4. The molecular weight excluding hydrogens is 330 g/mol. The first kappa shape index (κ1) is 13.4. The highest BCUT2D eigenvalue weighted by atomic mass is 35.5. The zero-order chi connectivity index (χ0) is 15.6. The fourth-order valence-electron chi connectivity index (χ4n) is 3.38. The molecule has 5 heteroatoms. The second kappa shape index (κ2) is 4.70. The highest BCUT2D eigenvalue weighted by Crippen LogP contribution is 2.35. The van der Waals surface area contributed by atoms with E-state index in [-0.39, 0.29) is 6.71 Å². The first-order valence-electron chi connectivity index (χ1n) is 7.28. The van der Waals surface area contributed by atoms with Crippen LogP contribution < -0.4 is 25.9 Å².